The molecule has 2 unspecified atom stereocenters. The Labute approximate surface area is 187 Å². The zero-order chi connectivity index (χ0) is 23.6. The fourth-order valence-electron chi connectivity index (χ4n) is 3.28. The van der Waals surface area contributed by atoms with E-state index in [0.717, 1.165) is 6.26 Å². The maximum absolute atomic E-state index is 12.8. The average molecular weight is 478 g/mol. The number of fused-ring (bicyclic) bond motifs is 1. The van der Waals surface area contributed by atoms with Crippen LogP contribution in [0.1, 0.15) is 28.5 Å². The topological polar surface area (TPSA) is 181 Å². The molecule has 7 N–H and O–H groups in total. The van der Waals surface area contributed by atoms with Gasteiger partial charge in [0.15, 0.2) is 21.0 Å². The van der Waals surface area contributed by atoms with Crippen LogP contribution in [0, 0.1) is 12.3 Å². The first-order chi connectivity index (χ1) is 14.9. The molecule has 32 heavy (non-hydrogen) atoms. The summed E-state index contributed by atoms with van der Waals surface area (Å²) in [7, 11) is -3.28. The average Bonchev–Trinajstić information content (AvgIpc) is 3.06. The van der Waals surface area contributed by atoms with Crippen molar-refractivity contribution in [2.24, 2.45) is 10.9 Å². The Morgan fingerprint density at radius 1 is 1.22 bits per heavy atom. The molecule has 2 aromatic carbocycles. The zero-order valence-electron chi connectivity index (χ0n) is 17.3. The Morgan fingerprint density at radius 2 is 1.88 bits per heavy atom. The third-order valence-corrected chi connectivity index (χ3v) is 5.79. The van der Waals surface area contributed by atoms with Crippen molar-refractivity contribution >= 4 is 49.4 Å². The summed E-state index contributed by atoms with van der Waals surface area (Å²) < 4.78 is 42.5. The van der Waals surface area contributed by atoms with E-state index in [0.29, 0.717) is 39.1 Å². The first-order valence-corrected chi connectivity index (χ1v) is 12.6. The minimum absolute atomic E-state index is 0.0877. The lowest BCUT2D eigenvalue weighted by Gasteiger charge is -2.20. The predicted octanol–water partition coefficient (Wildman–Crippen LogP) is 1.38. The number of carbonyl (C=O) groups excluding carboxylic acids is 1. The van der Waals surface area contributed by atoms with E-state index in [4.69, 9.17) is 20.7 Å². The molecule has 0 aliphatic rings. The van der Waals surface area contributed by atoms with Gasteiger partial charge in [-0.05, 0) is 60.5 Å². The van der Waals surface area contributed by atoms with Crippen molar-refractivity contribution < 1.29 is 21.8 Å². The van der Waals surface area contributed by atoms with Gasteiger partial charge in [0.2, 0.25) is 0 Å². The molecule has 1 heterocycles. The number of nitrogens with two attached hydrogens (primary N) is 2. The molecule has 3 aromatic rings. The van der Waals surface area contributed by atoms with Crippen molar-refractivity contribution in [3.8, 4) is 0 Å². The molecule has 0 aliphatic heterocycles. The second-order valence-corrected chi connectivity index (χ2v) is 10.3. The summed E-state index contributed by atoms with van der Waals surface area (Å²) in [5, 5.41) is 16.4. The number of amidine groups is 1. The molecule has 0 spiro atoms. The van der Waals surface area contributed by atoms with Crippen molar-refractivity contribution in [1.29, 1.82) is 5.41 Å². The number of carbonyl (C=O) groups is 1. The quantitative estimate of drug-likeness (QED) is 0.240. The van der Waals surface area contributed by atoms with Crippen LogP contribution in [-0.2, 0) is 31.6 Å². The van der Waals surface area contributed by atoms with Crippen molar-refractivity contribution in [2.75, 3.05) is 11.6 Å². The molecule has 0 saturated carbocycles. The van der Waals surface area contributed by atoms with E-state index >= 15 is 0 Å². The normalized spacial score (nSPS) is 13.5. The number of amides is 1. The number of nitrogens with one attached hydrogen (secondary N) is 3. The van der Waals surface area contributed by atoms with Crippen LogP contribution in [0.2, 0.25) is 0 Å². The third kappa shape index (κ3) is 5.72. The van der Waals surface area contributed by atoms with Gasteiger partial charge in [0, 0.05) is 22.9 Å². The van der Waals surface area contributed by atoms with Gasteiger partial charge in [0.1, 0.15) is 29.0 Å². The fourth-order valence-corrected chi connectivity index (χ4v) is 4.25. The standard InChI is InChI=1S/C20H23N5O5S2/c1-11-7-13(8-14-9-16(30-18(11)14)10-32(2,28)29)17(20(26)25-31(23)27)24-15-5-3-12(4-6-15)19(21)22/h3-9,17,24H,10,23H2,1-2H3,(H3,21,22)(H,25,26). The molecule has 1 aromatic heterocycles. The SMILES string of the molecule is Cc1cc(C(Nc2ccc(C(=N)N)cc2)C(=O)NS(N)=O)cc2cc(CS(C)(=O)=O)oc12. The molecule has 0 aliphatic carbocycles. The highest BCUT2D eigenvalue weighted by molar-refractivity contribution is 7.89. The molecule has 12 heteroatoms. The predicted molar refractivity (Wildman–Crippen MR) is 124 cm³/mol. The van der Waals surface area contributed by atoms with Crippen LogP contribution in [0.15, 0.2) is 46.9 Å². The Balaban J connectivity index is 2.02. The Hall–Kier alpha value is -3.22. The van der Waals surface area contributed by atoms with Crippen LogP contribution >= 0.6 is 0 Å². The molecular formula is C20H23N5O5S2. The van der Waals surface area contributed by atoms with Crippen LogP contribution in [0.5, 0.6) is 0 Å². The van der Waals surface area contributed by atoms with Gasteiger partial charge < -0.3 is 15.5 Å². The van der Waals surface area contributed by atoms with Crippen LogP contribution < -0.4 is 20.9 Å². The number of hydrogen-bond donors (Lipinski definition) is 5. The summed E-state index contributed by atoms with van der Waals surface area (Å²) in [5.41, 5.74) is 8.29. The van der Waals surface area contributed by atoms with E-state index in [2.05, 4.69) is 10.0 Å². The molecule has 170 valence electrons. The van der Waals surface area contributed by atoms with Gasteiger partial charge in [-0.2, -0.15) is 0 Å². The molecule has 2 atom stereocenters. The van der Waals surface area contributed by atoms with E-state index < -0.39 is 33.0 Å². The van der Waals surface area contributed by atoms with Crippen LogP contribution in [-0.4, -0.2) is 30.6 Å². The first-order valence-electron chi connectivity index (χ1n) is 9.31. The number of anilines is 1. The monoisotopic (exact) mass is 477 g/mol. The molecule has 10 nitrogen and oxygen atoms in total. The highest BCUT2D eigenvalue weighted by Gasteiger charge is 2.24. The zero-order valence-corrected chi connectivity index (χ0v) is 19.0. The van der Waals surface area contributed by atoms with Crippen molar-refractivity contribution in [1.82, 2.24) is 4.72 Å². The van der Waals surface area contributed by atoms with Gasteiger partial charge in [-0.1, -0.05) is 0 Å². The molecule has 3 rings (SSSR count). The van der Waals surface area contributed by atoms with E-state index in [1.165, 1.54) is 0 Å². The number of nitrogen functional groups attached to an aromatic ring is 1. The first kappa shape index (κ1) is 23.4. The molecule has 0 bridgehead atoms. The maximum Gasteiger partial charge on any atom is 0.259 e. The van der Waals surface area contributed by atoms with Crippen LogP contribution in [0.4, 0.5) is 5.69 Å². The number of furan rings is 1. The summed E-state index contributed by atoms with van der Waals surface area (Å²) in [6.45, 7) is 1.78. The van der Waals surface area contributed by atoms with Crippen LogP contribution in [0.25, 0.3) is 11.0 Å². The lowest BCUT2D eigenvalue weighted by atomic mass is 10.0. The van der Waals surface area contributed by atoms with E-state index in [1.807, 2.05) is 0 Å². The summed E-state index contributed by atoms with van der Waals surface area (Å²) >= 11 is -2.07. The number of rotatable bonds is 8. The van der Waals surface area contributed by atoms with Gasteiger partial charge in [-0.25, -0.2) is 17.8 Å². The van der Waals surface area contributed by atoms with Gasteiger partial charge in [-0.15, -0.1) is 0 Å². The van der Waals surface area contributed by atoms with Crippen molar-refractivity contribution in [3.63, 3.8) is 0 Å². The minimum Gasteiger partial charge on any atom is -0.460 e. The lowest BCUT2D eigenvalue weighted by molar-refractivity contribution is -0.120. The third-order valence-electron chi connectivity index (χ3n) is 4.58. The molecule has 0 saturated heterocycles. The number of aryl methyl sites for hydroxylation is 1. The van der Waals surface area contributed by atoms with Gasteiger partial charge in [-0.3, -0.25) is 14.9 Å². The Bertz CT molecular complexity index is 1320. The number of benzene rings is 2. The summed E-state index contributed by atoms with van der Waals surface area (Å²) in [5.74, 6) is -0.664. The van der Waals surface area contributed by atoms with Crippen LogP contribution in [0.3, 0.4) is 0 Å². The molecular weight excluding hydrogens is 454 g/mol. The summed E-state index contributed by atoms with van der Waals surface area (Å²) in [6.07, 6.45) is 1.12. The molecule has 0 radical (unpaired) electrons. The van der Waals surface area contributed by atoms with E-state index in [-0.39, 0.29) is 11.6 Å². The second-order valence-electron chi connectivity index (χ2n) is 7.37. The van der Waals surface area contributed by atoms with Gasteiger partial charge in [0.05, 0.1) is 0 Å². The van der Waals surface area contributed by atoms with Gasteiger partial charge in [0.25, 0.3) is 5.91 Å². The van der Waals surface area contributed by atoms with Gasteiger partial charge >= 0.3 is 0 Å². The number of sulfone groups is 1. The van der Waals surface area contributed by atoms with Crippen molar-refractivity contribution in [3.05, 3.63) is 64.9 Å². The molecule has 1 amide bonds. The second kappa shape index (κ2) is 9.10. The Kier molecular flexibility index (Phi) is 6.67. The smallest absolute Gasteiger partial charge is 0.259 e. The van der Waals surface area contributed by atoms with E-state index in [9.17, 15) is 17.4 Å². The lowest BCUT2D eigenvalue weighted by Crippen LogP contribution is -2.37. The van der Waals surface area contributed by atoms with Crippen molar-refractivity contribution in [2.45, 2.75) is 18.7 Å². The maximum atomic E-state index is 12.8. The highest BCUT2D eigenvalue weighted by atomic mass is 32.2. The minimum atomic E-state index is -3.28. The summed E-state index contributed by atoms with van der Waals surface area (Å²) in [6, 6.07) is 10.6. The van der Waals surface area contributed by atoms with E-state index in [1.54, 1.807) is 49.4 Å². The fraction of sp³-hybridized carbons (Fsp3) is 0.200. The summed E-state index contributed by atoms with van der Waals surface area (Å²) in [4.78, 5) is 12.8. The Morgan fingerprint density at radius 3 is 2.44 bits per heavy atom. The highest BCUT2D eigenvalue weighted by Crippen LogP contribution is 2.30. The molecule has 0 fully saturated rings. The number of hydrogen-bond acceptors (Lipinski definition) is 7. The largest absolute Gasteiger partial charge is 0.460 e.